The molecule has 0 spiro atoms. The maximum absolute atomic E-state index is 11.4. The Morgan fingerprint density at radius 3 is 2.65 bits per heavy atom. The number of hydrogen-bond donors (Lipinski definition) is 1. The summed E-state index contributed by atoms with van der Waals surface area (Å²) in [4.78, 5) is 13.8. The van der Waals surface area contributed by atoms with Crippen molar-refractivity contribution < 1.29 is 9.53 Å². The molecule has 0 saturated carbocycles. The van der Waals surface area contributed by atoms with E-state index >= 15 is 0 Å². The first-order valence-corrected chi connectivity index (χ1v) is 7.16. The smallest absolute Gasteiger partial charge is 0.322 e. The normalized spacial score (nSPS) is 20.0. The van der Waals surface area contributed by atoms with Crippen molar-refractivity contribution in [3.8, 4) is 0 Å². The second-order valence-electron chi connectivity index (χ2n) is 5.81. The molecule has 1 fully saturated rings. The van der Waals surface area contributed by atoms with E-state index in [4.69, 9.17) is 5.73 Å². The van der Waals surface area contributed by atoms with Crippen LogP contribution in [0.5, 0.6) is 0 Å². The number of methoxy groups -OCH3 is 1. The molecule has 1 aromatic rings. The Morgan fingerprint density at radius 2 is 2.05 bits per heavy atom. The van der Waals surface area contributed by atoms with Gasteiger partial charge in [0.1, 0.15) is 6.04 Å². The molecule has 2 N–H and O–H groups in total. The number of benzene rings is 1. The number of hydrogen-bond acceptors (Lipinski definition) is 4. The second kappa shape index (κ2) is 6.27. The molecule has 2 atom stereocenters. The second-order valence-corrected chi connectivity index (χ2v) is 5.81. The first-order valence-electron chi connectivity index (χ1n) is 7.16. The average Bonchev–Trinajstić information content (AvgIpc) is 2.85. The van der Waals surface area contributed by atoms with Crippen LogP contribution in [0.4, 0.5) is 5.69 Å². The number of rotatable bonds is 4. The monoisotopic (exact) mass is 276 g/mol. The Balaban J connectivity index is 1.96. The van der Waals surface area contributed by atoms with Crippen LogP contribution in [-0.2, 0) is 9.53 Å². The summed E-state index contributed by atoms with van der Waals surface area (Å²) >= 11 is 0. The molecule has 0 bridgehead atoms. The molecule has 20 heavy (non-hydrogen) atoms. The Bertz CT molecular complexity index is 467. The number of anilines is 1. The van der Waals surface area contributed by atoms with E-state index in [0.29, 0.717) is 12.3 Å². The highest BCUT2D eigenvalue weighted by Crippen LogP contribution is 2.27. The van der Waals surface area contributed by atoms with E-state index in [2.05, 4.69) is 41.7 Å². The van der Waals surface area contributed by atoms with Gasteiger partial charge >= 0.3 is 5.97 Å². The van der Waals surface area contributed by atoms with Crippen LogP contribution < -0.4 is 10.6 Å². The Hall–Kier alpha value is -1.55. The quantitative estimate of drug-likeness (QED) is 0.855. The zero-order valence-electron chi connectivity index (χ0n) is 12.6. The summed E-state index contributed by atoms with van der Waals surface area (Å²) in [6.07, 6.45) is 1.78. The molecule has 2 rings (SSSR count). The highest BCUT2D eigenvalue weighted by molar-refractivity contribution is 5.75. The largest absolute Gasteiger partial charge is 0.468 e. The van der Waals surface area contributed by atoms with Gasteiger partial charge in [-0.05, 0) is 55.9 Å². The molecule has 110 valence electrons. The Kier molecular flexibility index (Phi) is 4.65. The van der Waals surface area contributed by atoms with Gasteiger partial charge in [-0.15, -0.1) is 0 Å². The molecule has 1 saturated heterocycles. The topological polar surface area (TPSA) is 55.6 Å². The van der Waals surface area contributed by atoms with Crippen molar-refractivity contribution in [2.24, 2.45) is 11.7 Å². The maximum Gasteiger partial charge on any atom is 0.322 e. The molecule has 4 nitrogen and oxygen atoms in total. The fourth-order valence-corrected chi connectivity index (χ4v) is 3.00. The molecular weight excluding hydrogens is 252 g/mol. The summed E-state index contributed by atoms with van der Waals surface area (Å²) in [6.45, 7) is 6.24. The first-order chi connectivity index (χ1) is 9.49. The van der Waals surface area contributed by atoms with Crippen molar-refractivity contribution in [1.82, 2.24) is 0 Å². The maximum atomic E-state index is 11.4. The van der Waals surface area contributed by atoms with Gasteiger partial charge in [-0.2, -0.15) is 0 Å². The summed E-state index contributed by atoms with van der Waals surface area (Å²) in [5, 5.41) is 0. The number of ether oxygens (including phenoxy) is 1. The first kappa shape index (κ1) is 14.9. The molecule has 1 aliphatic heterocycles. The number of aryl methyl sites for hydroxylation is 2. The Morgan fingerprint density at radius 1 is 1.40 bits per heavy atom. The number of esters is 1. The molecule has 0 aromatic heterocycles. The summed E-state index contributed by atoms with van der Waals surface area (Å²) in [6, 6.07) is 6.12. The lowest BCUT2D eigenvalue weighted by Crippen LogP contribution is -2.34. The minimum absolute atomic E-state index is 0.310. The van der Waals surface area contributed by atoms with Gasteiger partial charge in [-0.3, -0.25) is 4.79 Å². The van der Waals surface area contributed by atoms with Crippen LogP contribution in [0, 0.1) is 19.8 Å². The predicted molar refractivity (Wildman–Crippen MR) is 80.8 cm³/mol. The molecule has 1 aliphatic rings. The Labute approximate surface area is 120 Å². The van der Waals surface area contributed by atoms with Crippen molar-refractivity contribution in [1.29, 1.82) is 0 Å². The van der Waals surface area contributed by atoms with Crippen molar-refractivity contribution >= 4 is 11.7 Å². The zero-order valence-corrected chi connectivity index (χ0v) is 12.6. The van der Waals surface area contributed by atoms with Gasteiger partial charge in [0.25, 0.3) is 0 Å². The van der Waals surface area contributed by atoms with Crippen molar-refractivity contribution in [3.05, 3.63) is 29.3 Å². The molecule has 0 radical (unpaired) electrons. The third-order valence-corrected chi connectivity index (χ3v) is 3.95. The van der Waals surface area contributed by atoms with Crippen LogP contribution in [0.3, 0.4) is 0 Å². The van der Waals surface area contributed by atoms with E-state index in [-0.39, 0.29) is 5.97 Å². The highest BCUT2D eigenvalue weighted by atomic mass is 16.5. The number of carbonyl (C=O) groups is 1. The number of nitrogens with zero attached hydrogens (tertiary/aromatic N) is 1. The SMILES string of the molecule is COC(=O)C(N)CC1CCN(c2cc(C)cc(C)c2)C1. The molecular formula is C16H24N2O2. The highest BCUT2D eigenvalue weighted by Gasteiger charge is 2.27. The van der Waals surface area contributed by atoms with Gasteiger partial charge in [0.15, 0.2) is 0 Å². The molecule has 1 aromatic carbocycles. The lowest BCUT2D eigenvalue weighted by atomic mass is 10.00. The number of carbonyl (C=O) groups excluding carboxylic acids is 1. The van der Waals surface area contributed by atoms with Gasteiger partial charge in [-0.25, -0.2) is 0 Å². The lowest BCUT2D eigenvalue weighted by Gasteiger charge is -2.20. The molecule has 1 heterocycles. The van der Waals surface area contributed by atoms with Crippen LogP contribution >= 0.6 is 0 Å². The van der Waals surface area contributed by atoms with E-state index in [1.165, 1.54) is 23.9 Å². The minimum atomic E-state index is -0.496. The van der Waals surface area contributed by atoms with Crippen LogP contribution in [0.2, 0.25) is 0 Å². The van der Waals surface area contributed by atoms with Gasteiger partial charge in [0.05, 0.1) is 7.11 Å². The van der Waals surface area contributed by atoms with Crippen LogP contribution in [0.15, 0.2) is 18.2 Å². The summed E-state index contributed by atoms with van der Waals surface area (Å²) in [5.41, 5.74) is 9.70. The van der Waals surface area contributed by atoms with E-state index in [1.54, 1.807) is 0 Å². The van der Waals surface area contributed by atoms with Gasteiger partial charge in [0.2, 0.25) is 0 Å². The predicted octanol–water partition coefficient (Wildman–Crippen LogP) is 2.02. The standard InChI is InChI=1S/C16H24N2O2/c1-11-6-12(2)8-14(7-11)18-5-4-13(10-18)9-15(17)16(19)20-3/h6-8,13,15H,4-5,9-10,17H2,1-3H3. The molecule has 0 aliphatic carbocycles. The van der Waals surface area contributed by atoms with Crippen LogP contribution in [0.25, 0.3) is 0 Å². The van der Waals surface area contributed by atoms with Gasteiger partial charge in [0, 0.05) is 18.8 Å². The minimum Gasteiger partial charge on any atom is -0.468 e. The summed E-state index contributed by atoms with van der Waals surface area (Å²) in [7, 11) is 1.39. The zero-order chi connectivity index (χ0) is 14.7. The third kappa shape index (κ3) is 3.51. The molecule has 0 amide bonds. The van der Waals surface area contributed by atoms with E-state index in [0.717, 1.165) is 19.5 Å². The van der Waals surface area contributed by atoms with Crippen LogP contribution in [-0.4, -0.2) is 32.2 Å². The van der Waals surface area contributed by atoms with E-state index < -0.39 is 6.04 Å². The van der Waals surface area contributed by atoms with Crippen molar-refractivity contribution in [3.63, 3.8) is 0 Å². The molecule has 2 unspecified atom stereocenters. The van der Waals surface area contributed by atoms with Crippen molar-refractivity contribution in [2.45, 2.75) is 32.7 Å². The fraction of sp³-hybridized carbons (Fsp3) is 0.562. The third-order valence-electron chi connectivity index (χ3n) is 3.95. The lowest BCUT2D eigenvalue weighted by molar-refractivity contribution is -0.142. The summed E-state index contributed by atoms with van der Waals surface area (Å²) < 4.78 is 4.69. The van der Waals surface area contributed by atoms with Crippen LogP contribution in [0.1, 0.15) is 24.0 Å². The van der Waals surface area contributed by atoms with Crippen molar-refractivity contribution in [2.75, 3.05) is 25.1 Å². The van der Waals surface area contributed by atoms with E-state index in [1.807, 2.05) is 0 Å². The average molecular weight is 276 g/mol. The van der Waals surface area contributed by atoms with Gasteiger partial charge in [-0.1, -0.05) is 6.07 Å². The van der Waals surface area contributed by atoms with Gasteiger partial charge < -0.3 is 15.4 Å². The number of nitrogens with two attached hydrogens (primary N) is 1. The molecule has 4 heteroatoms. The fourth-order valence-electron chi connectivity index (χ4n) is 3.00. The van der Waals surface area contributed by atoms with E-state index in [9.17, 15) is 4.79 Å². The summed E-state index contributed by atoms with van der Waals surface area (Å²) in [5.74, 6) is 0.153.